The lowest BCUT2D eigenvalue weighted by Crippen LogP contribution is -1.97. The van der Waals surface area contributed by atoms with Crippen molar-refractivity contribution in [3.05, 3.63) is 0 Å². The van der Waals surface area contributed by atoms with Crippen LogP contribution in [0.15, 0.2) is 0 Å². The molecule has 0 aromatic heterocycles. The summed E-state index contributed by atoms with van der Waals surface area (Å²) in [6, 6.07) is 0. The Labute approximate surface area is 73.3 Å². The number of alkyl halides is 1. The van der Waals surface area contributed by atoms with E-state index in [1.807, 2.05) is 13.8 Å². The van der Waals surface area contributed by atoms with Crippen molar-refractivity contribution in [2.75, 3.05) is 13.2 Å². The second kappa shape index (κ2) is 7.55. The van der Waals surface area contributed by atoms with Crippen LogP contribution in [0.25, 0.3) is 0 Å². The van der Waals surface area contributed by atoms with E-state index in [-0.39, 0.29) is 0 Å². The molecular formula is C8H19BrO. The first-order valence-electron chi connectivity index (χ1n) is 3.68. The first kappa shape index (κ1) is 13.1. The summed E-state index contributed by atoms with van der Waals surface area (Å²) in [4.78, 5) is 0. The minimum atomic E-state index is 0.312. The second-order valence-electron chi connectivity index (χ2n) is 2.85. The van der Waals surface area contributed by atoms with Gasteiger partial charge in [0.25, 0.3) is 0 Å². The van der Waals surface area contributed by atoms with Crippen LogP contribution in [0.5, 0.6) is 0 Å². The normalized spacial score (nSPS) is 10.2. The van der Waals surface area contributed by atoms with Crippen LogP contribution in [0.4, 0.5) is 0 Å². The summed E-state index contributed by atoms with van der Waals surface area (Å²) in [7, 11) is 0. The van der Waals surface area contributed by atoms with Gasteiger partial charge in [0.2, 0.25) is 0 Å². The Hall–Kier alpha value is 0.440. The van der Waals surface area contributed by atoms with E-state index in [0.29, 0.717) is 4.32 Å². The lowest BCUT2D eigenvalue weighted by atomic mass is 10.3. The average molecular weight is 211 g/mol. The van der Waals surface area contributed by atoms with Crippen molar-refractivity contribution in [3.63, 3.8) is 0 Å². The molecule has 2 heteroatoms. The van der Waals surface area contributed by atoms with Crippen LogP contribution in [-0.2, 0) is 4.74 Å². The summed E-state index contributed by atoms with van der Waals surface area (Å²) in [5.41, 5.74) is 0. The molecule has 0 saturated heterocycles. The van der Waals surface area contributed by atoms with Gasteiger partial charge in [-0.2, -0.15) is 0 Å². The molecule has 0 aromatic carbocycles. The maximum Gasteiger partial charge on any atom is 0.0437 e. The van der Waals surface area contributed by atoms with E-state index in [1.54, 1.807) is 0 Å². The van der Waals surface area contributed by atoms with Gasteiger partial charge in [-0.3, -0.25) is 0 Å². The molecule has 0 bridgehead atoms. The van der Waals surface area contributed by atoms with E-state index in [0.717, 1.165) is 13.2 Å². The van der Waals surface area contributed by atoms with Crippen molar-refractivity contribution in [1.82, 2.24) is 0 Å². The zero-order valence-corrected chi connectivity index (χ0v) is 9.29. The third-order valence-electron chi connectivity index (χ3n) is 0.408. The SMILES string of the molecule is CC(C)(C)Br.CCOCC. The summed E-state index contributed by atoms with van der Waals surface area (Å²) in [5.74, 6) is 0. The molecule has 0 amide bonds. The first-order valence-corrected chi connectivity index (χ1v) is 4.47. The second-order valence-corrected chi connectivity index (χ2v) is 5.23. The zero-order valence-electron chi connectivity index (χ0n) is 7.70. The predicted molar refractivity (Wildman–Crippen MR) is 50.8 cm³/mol. The molecule has 0 aromatic rings. The number of hydrogen-bond donors (Lipinski definition) is 0. The van der Waals surface area contributed by atoms with Gasteiger partial charge < -0.3 is 4.74 Å². The molecule has 0 aliphatic heterocycles. The van der Waals surface area contributed by atoms with Crippen LogP contribution in [0.2, 0.25) is 0 Å². The highest BCUT2D eigenvalue weighted by atomic mass is 79.9. The molecule has 64 valence electrons. The van der Waals surface area contributed by atoms with Crippen LogP contribution in [0.3, 0.4) is 0 Å². The Balaban J connectivity index is 0. The molecule has 0 heterocycles. The van der Waals surface area contributed by atoms with E-state index >= 15 is 0 Å². The smallest absolute Gasteiger partial charge is 0.0437 e. The van der Waals surface area contributed by atoms with E-state index in [9.17, 15) is 0 Å². The van der Waals surface area contributed by atoms with Gasteiger partial charge in [0.05, 0.1) is 0 Å². The maximum atomic E-state index is 4.83. The summed E-state index contributed by atoms with van der Waals surface area (Å²) >= 11 is 3.38. The fraction of sp³-hybridized carbons (Fsp3) is 1.00. The van der Waals surface area contributed by atoms with Crippen molar-refractivity contribution in [2.45, 2.75) is 38.9 Å². The minimum Gasteiger partial charge on any atom is -0.382 e. The summed E-state index contributed by atoms with van der Waals surface area (Å²) < 4.78 is 5.15. The maximum absolute atomic E-state index is 4.83. The summed E-state index contributed by atoms with van der Waals surface area (Å²) in [6.07, 6.45) is 0. The minimum absolute atomic E-state index is 0.312. The molecule has 0 rings (SSSR count). The molecular weight excluding hydrogens is 192 g/mol. The lowest BCUT2D eigenvalue weighted by Gasteiger charge is -2.02. The Morgan fingerprint density at radius 1 is 1.10 bits per heavy atom. The average Bonchev–Trinajstić information content (AvgIpc) is 1.63. The zero-order chi connectivity index (χ0) is 8.62. The number of ether oxygens (including phenoxy) is 1. The van der Waals surface area contributed by atoms with Gasteiger partial charge in [0.1, 0.15) is 0 Å². The van der Waals surface area contributed by atoms with Crippen LogP contribution >= 0.6 is 15.9 Å². The summed E-state index contributed by atoms with van der Waals surface area (Å²) in [5, 5.41) is 0. The molecule has 0 aliphatic rings. The molecule has 0 atom stereocenters. The van der Waals surface area contributed by atoms with Gasteiger partial charge >= 0.3 is 0 Å². The van der Waals surface area contributed by atoms with Gasteiger partial charge in [0.15, 0.2) is 0 Å². The fourth-order valence-corrected chi connectivity index (χ4v) is 0.204. The van der Waals surface area contributed by atoms with Crippen LogP contribution < -0.4 is 0 Å². The molecule has 0 aliphatic carbocycles. The van der Waals surface area contributed by atoms with Crippen LogP contribution in [-0.4, -0.2) is 17.5 Å². The molecule has 0 spiro atoms. The van der Waals surface area contributed by atoms with E-state index in [4.69, 9.17) is 4.74 Å². The van der Waals surface area contributed by atoms with E-state index < -0.39 is 0 Å². The number of halogens is 1. The van der Waals surface area contributed by atoms with Crippen molar-refractivity contribution in [3.8, 4) is 0 Å². The van der Waals surface area contributed by atoms with Gasteiger partial charge in [0, 0.05) is 17.5 Å². The Kier molecular flexibility index (Phi) is 9.86. The molecule has 0 N–H and O–H groups in total. The number of rotatable bonds is 2. The highest BCUT2D eigenvalue weighted by molar-refractivity contribution is 9.10. The highest BCUT2D eigenvalue weighted by Crippen LogP contribution is 2.11. The highest BCUT2D eigenvalue weighted by Gasteiger charge is 1.98. The molecule has 0 radical (unpaired) electrons. The molecule has 0 unspecified atom stereocenters. The van der Waals surface area contributed by atoms with Gasteiger partial charge in [-0.25, -0.2) is 0 Å². The van der Waals surface area contributed by atoms with Gasteiger partial charge in [-0.05, 0) is 13.8 Å². The third kappa shape index (κ3) is 78.5. The molecule has 10 heavy (non-hydrogen) atoms. The van der Waals surface area contributed by atoms with Gasteiger partial charge in [-0.15, -0.1) is 0 Å². The standard InChI is InChI=1S/C4H9Br.C4H10O/c1-4(2,3)5;1-3-5-4-2/h1-3H3;3-4H2,1-2H3. The Morgan fingerprint density at radius 2 is 1.30 bits per heavy atom. The number of hydrogen-bond acceptors (Lipinski definition) is 1. The third-order valence-corrected chi connectivity index (χ3v) is 0.408. The lowest BCUT2D eigenvalue weighted by molar-refractivity contribution is 0.162. The van der Waals surface area contributed by atoms with Crippen molar-refractivity contribution in [1.29, 1.82) is 0 Å². The van der Waals surface area contributed by atoms with Crippen LogP contribution in [0.1, 0.15) is 34.6 Å². The Morgan fingerprint density at radius 3 is 1.30 bits per heavy atom. The van der Waals surface area contributed by atoms with Crippen molar-refractivity contribution >= 4 is 15.9 Å². The summed E-state index contributed by atoms with van der Waals surface area (Å²) in [6.45, 7) is 12.0. The largest absolute Gasteiger partial charge is 0.382 e. The Bertz CT molecular complexity index is 48.8. The van der Waals surface area contributed by atoms with Crippen molar-refractivity contribution < 1.29 is 4.74 Å². The van der Waals surface area contributed by atoms with E-state index in [1.165, 1.54) is 0 Å². The molecule has 0 saturated carbocycles. The quantitative estimate of drug-likeness (QED) is 0.637. The van der Waals surface area contributed by atoms with Gasteiger partial charge in [-0.1, -0.05) is 36.7 Å². The van der Waals surface area contributed by atoms with E-state index in [2.05, 4.69) is 36.7 Å². The molecule has 1 nitrogen and oxygen atoms in total. The first-order chi connectivity index (χ1) is 4.41. The molecule has 0 fully saturated rings. The predicted octanol–water partition coefficient (Wildman–Crippen LogP) is 3.22. The fourth-order valence-electron chi connectivity index (χ4n) is 0.204. The monoisotopic (exact) mass is 210 g/mol. The topological polar surface area (TPSA) is 9.23 Å². The van der Waals surface area contributed by atoms with Crippen molar-refractivity contribution in [2.24, 2.45) is 0 Å². The van der Waals surface area contributed by atoms with Crippen LogP contribution in [0, 0.1) is 0 Å².